The molecule has 1 N–H and O–H groups in total. The summed E-state index contributed by atoms with van der Waals surface area (Å²) in [5.74, 6) is 2.44. The fraction of sp³-hybridized carbons (Fsp3) is 0.524. The van der Waals surface area contributed by atoms with Crippen LogP contribution in [0, 0.1) is 23.1 Å². The lowest BCUT2D eigenvalue weighted by atomic mass is 9.95. The SMILES string of the molecule is CC(C)[Si](C#Cc1c(F)ccc2cccc(-c3ncc4c(N(C)[C@@H]5CCN(C(=O)O)C5)nc(OC[C@]56CCCN5C[C@H](F)C6)nc4c3F)c12)(C(C)C)C(C)C. The molecule has 1 amide bonds. The molecular formula is C42H51F3N6O3Si. The predicted octanol–water partition coefficient (Wildman–Crippen LogP) is 8.84. The molecule has 0 bridgehead atoms. The number of rotatable bonds is 9. The third-order valence-corrected chi connectivity index (χ3v) is 19.0. The number of benzene rings is 2. The molecule has 5 heterocycles. The number of hydrogen-bond acceptors (Lipinski definition) is 7. The van der Waals surface area contributed by atoms with Crippen molar-refractivity contribution in [1.82, 2.24) is 24.8 Å². The van der Waals surface area contributed by atoms with E-state index in [9.17, 15) is 14.3 Å². The van der Waals surface area contributed by atoms with Gasteiger partial charge in [0.1, 0.15) is 43.7 Å². The molecule has 0 aliphatic carbocycles. The summed E-state index contributed by atoms with van der Waals surface area (Å²) in [6, 6.07) is 8.18. The van der Waals surface area contributed by atoms with Crippen LogP contribution < -0.4 is 9.64 Å². The molecule has 0 radical (unpaired) electrons. The Morgan fingerprint density at radius 1 is 1.07 bits per heavy atom. The van der Waals surface area contributed by atoms with Crippen molar-refractivity contribution in [2.75, 3.05) is 44.7 Å². The second-order valence-electron chi connectivity index (χ2n) is 16.6. The zero-order valence-corrected chi connectivity index (χ0v) is 33.8. The lowest BCUT2D eigenvalue weighted by Gasteiger charge is -2.38. The van der Waals surface area contributed by atoms with Gasteiger partial charge in [-0.2, -0.15) is 9.97 Å². The summed E-state index contributed by atoms with van der Waals surface area (Å²) >= 11 is 0. The smallest absolute Gasteiger partial charge is 0.407 e. The monoisotopic (exact) mass is 772 g/mol. The Morgan fingerprint density at radius 3 is 2.51 bits per heavy atom. The molecule has 3 atom stereocenters. The molecule has 13 heteroatoms. The van der Waals surface area contributed by atoms with Crippen molar-refractivity contribution in [1.29, 1.82) is 0 Å². The normalized spacial score (nSPS) is 21.6. The molecular weight excluding hydrogens is 722 g/mol. The molecule has 3 aliphatic heterocycles. The van der Waals surface area contributed by atoms with Gasteiger partial charge >= 0.3 is 12.1 Å². The van der Waals surface area contributed by atoms with Gasteiger partial charge in [-0.3, -0.25) is 9.88 Å². The number of halogens is 3. The summed E-state index contributed by atoms with van der Waals surface area (Å²) in [4.78, 5) is 31.1. The first-order valence-corrected chi connectivity index (χ1v) is 21.7. The largest absolute Gasteiger partial charge is 0.465 e. The maximum absolute atomic E-state index is 17.3. The van der Waals surface area contributed by atoms with Crippen molar-refractivity contribution >= 4 is 41.7 Å². The number of alkyl halides is 1. The number of fused-ring (bicyclic) bond motifs is 3. The van der Waals surface area contributed by atoms with Crippen LogP contribution in [0.1, 0.15) is 72.8 Å². The molecule has 2 aromatic heterocycles. The summed E-state index contributed by atoms with van der Waals surface area (Å²) in [6.45, 7) is 15.1. The molecule has 0 spiro atoms. The van der Waals surface area contributed by atoms with Gasteiger partial charge in [0, 0.05) is 56.3 Å². The number of hydrogen-bond donors (Lipinski definition) is 1. The Morgan fingerprint density at radius 2 is 1.82 bits per heavy atom. The van der Waals surface area contributed by atoms with Crippen LogP contribution in [-0.2, 0) is 0 Å². The standard InChI is InChI=1S/C42H51F3N6O3Si/c1-25(2)55(26(3)4,27(5)6)19-15-31-34(44)13-12-28-10-8-11-32(35(28)31)37-36(45)38-33(21-46-37)39(49(7)30-14-18-50(23-30)41(52)53)48-40(47-38)54-24-42-16-9-17-51(42)22-29(43)20-42/h8,10-13,21,25-27,29-30H,9,14,16-18,20,22-24H2,1-7H3,(H,52,53)/t29-,30-,42-/m1/s1. The summed E-state index contributed by atoms with van der Waals surface area (Å²) in [7, 11) is -0.458. The Bertz CT molecular complexity index is 2170. The lowest BCUT2D eigenvalue weighted by Crippen LogP contribution is -2.43. The Hall–Kier alpha value is -4.41. The van der Waals surface area contributed by atoms with Crippen LogP contribution in [-0.4, -0.2) is 102 Å². The molecule has 4 aromatic rings. The second kappa shape index (κ2) is 14.9. The van der Waals surface area contributed by atoms with E-state index in [1.807, 2.05) is 11.0 Å². The summed E-state index contributed by atoms with van der Waals surface area (Å²) in [5.41, 5.74) is 4.72. The number of likely N-dealkylation sites (N-methyl/N-ethyl adjacent to an activating group) is 1. The summed E-state index contributed by atoms with van der Waals surface area (Å²) in [5, 5.41) is 11.1. The first kappa shape index (κ1) is 38.8. The molecule has 0 saturated carbocycles. The van der Waals surface area contributed by atoms with Crippen molar-refractivity contribution in [3.05, 3.63) is 53.7 Å². The third kappa shape index (κ3) is 6.79. The number of anilines is 1. The van der Waals surface area contributed by atoms with Crippen LogP contribution in [0.2, 0.25) is 16.6 Å². The molecule has 2 aromatic carbocycles. The minimum Gasteiger partial charge on any atom is -0.465 e. The fourth-order valence-electron chi connectivity index (χ4n) is 9.87. The summed E-state index contributed by atoms with van der Waals surface area (Å²) in [6.07, 6.45) is 2.17. The highest BCUT2D eigenvalue weighted by Crippen LogP contribution is 2.43. The van der Waals surface area contributed by atoms with E-state index in [0.717, 1.165) is 19.4 Å². The van der Waals surface area contributed by atoms with E-state index in [0.29, 0.717) is 70.1 Å². The van der Waals surface area contributed by atoms with E-state index in [2.05, 4.69) is 67.9 Å². The quantitative estimate of drug-likeness (QED) is 0.133. The van der Waals surface area contributed by atoms with E-state index < -0.39 is 37.5 Å². The minimum absolute atomic E-state index is 0.0142. The number of nitrogens with zero attached hydrogens (tertiary/aromatic N) is 6. The number of carboxylic acid groups (broad SMARTS) is 1. The molecule has 3 saturated heterocycles. The van der Waals surface area contributed by atoms with Crippen molar-refractivity contribution < 1.29 is 27.8 Å². The van der Waals surface area contributed by atoms with Crippen LogP contribution in [0.5, 0.6) is 6.01 Å². The van der Waals surface area contributed by atoms with Gasteiger partial charge in [-0.25, -0.2) is 18.0 Å². The zero-order valence-electron chi connectivity index (χ0n) is 32.8. The number of carbonyl (C=O) groups is 1. The maximum atomic E-state index is 17.3. The van der Waals surface area contributed by atoms with Gasteiger partial charge in [0.15, 0.2) is 5.82 Å². The number of ether oxygens (including phenoxy) is 1. The molecule has 7 rings (SSSR count). The average Bonchev–Trinajstić information content (AvgIpc) is 3.86. The van der Waals surface area contributed by atoms with Crippen LogP contribution in [0.3, 0.4) is 0 Å². The Balaban J connectivity index is 1.38. The number of amides is 1. The first-order chi connectivity index (χ1) is 26.2. The van der Waals surface area contributed by atoms with Crippen LogP contribution in [0.15, 0.2) is 36.5 Å². The van der Waals surface area contributed by atoms with Crippen molar-refractivity contribution in [3.63, 3.8) is 0 Å². The molecule has 9 nitrogen and oxygen atoms in total. The predicted molar refractivity (Wildman–Crippen MR) is 213 cm³/mol. The number of aromatic nitrogens is 3. The van der Waals surface area contributed by atoms with Gasteiger partial charge in [-0.15, -0.1) is 5.54 Å². The second-order valence-corrected chi connectivity index (χ2v) is 22.2. The Labute approximate surface area is 322 Å². The zero-order chi connectivity index (χ0) is 39.4. The van der Waals surface area contributed by atoms with Crippen molar-refractivity contribution in [3.8, 4) is 28.7 Å². The molecule has 292 valence electrons. The van der Waals surface area contributed by atoms with Gasteiger partial charge in [0.25, 0.3) is 0 Å². The number of pyridine rings is 1. The lowest BCUT2D eigenvalue weighted by molar-refractivity contribution is 0.107. The molecule has 3 aliphatic rings. The van der Waals surface area contributed by atoms with E-state index in [4.69, 9.17) is 9.72 Å². The minimum atomic E-state index is -2.25. The third-order valence-electron chi connectivity index (χ3n) is 12.7. The van der Waals surface area contributed by atoms with E-state index in [1.54, 1.807) is 25.2 Å². The maximum Gasteiger partial charge on any atom is 0.407 e. The fourth-order valence-corrected chi connectivity index (χ4v) is 15.1. The van der Waals surface area contributed by atoms with Crippen LogP contribution in [0.25, 0.3) is 32.9 Å². The van der Waals surface area contributed by atoms with Crippen LogP contribution in [0.4, 0.5) is 23.8 Å². The Kier molecular flexibility index (Phi) is 10.5. The number of likely N-dealkylation sites (tertiary alicyclic amines) is 1. The van der Waals surface area contributed by atoms with Crippen molar-refractivity contribution in [2.24, 2.45) is 0 Å². The van der Waals surface area contributed by atoms with E-state index in [-0.39, 0.29) is 42.0 Å². The van der Waals surface area contributed by atoms with Crippen LogP contribution >= 0.6 is 0 Å². The molecule has 0 unspecified atom stereocenters. The first-order valence-electron chi connectivity index (χ1n) is 19.5. The van der Waals surface area contributed by atoms with E-state index >= 15 is 8.78 Å². The average molecular weight is 773 g/mol. The van der Waals surface area contributed by atoms with E-state index in [1.165, 1.54) is 17.2 Å². The van der Waals surface area contributed by atoms with Crippen molar-refractivity contribution in [2.45, 2.75) is 102 Å². The van der Waals surface area contributed by atoms with Gasteiger partial charge in [-0.1, -0.05) is 71.7 Å². The van der Waals surface area contributed by atoms with Gasteiger partial charge in [0.2, 0.25) is 0 Å². The summed E-state index contributed by atoms with van der Waals surface area (Å²) < 4.78 is 54.2. The van der Waals surface area contributed by atoms with Gasteiger partial charge in [-0.05, 0) is 53.9 Å². The van der Waals surface area contributed by atoms with Gasteiger partial charge in [0.05, 0.1) is 16.5 Å². The highest BCUT2D eigenvalue weighted by molar-refractivity contribution is 6.90. The highest BCUT2D eigenvalue weighted by Gasteiger charge is 2.49. The molecule has 55 heavy (non-hydrogen) atoms. The van der Waals surface area contributed by atoms with Gasteiger partial charge < -0.3 is 19.6 Å². The molecule has 3 fully saturated rings. The topological polar surface area (TPSA) is 94.9 Å². The highest BCUT2D eigenvalue weighted by atomic mass is 28.3.